The van der Waals surface area contributed by atoms with E-state index in [9.17, 15) is 0 Å². The monoisotopic (exact) mass is 231 g/mol. The van der Waals surface area contributed by atoms with Gasteiger partial charge in [0.25, 0.3) is 0 Å². The molecule has 0 atom stereocenters. The molecule has 0 saturated carbocycles. The average Bonchev–Trinajstić information content (AvgIpc) is 1.99. The Balaban J connectivity index is 3.26. The van der Waals surface area contributed by atoms with E-state index in [1.54, 1.807) is 18.2 Å². The number of hydrogen-bond acceptors (Lipinski definition) is 1. The SMILES string of the molecule is [N-]=[N+]=Nc1cccc(Cl)c1Br. The van der Waals surface area contributed by atoms with Gasteiger partial charge >= 0.3 is 0 Å². The Morgan fingerprint density at radius 2 is 2.27 bits per heavy atom. The van der Waals surface area contributed by atoms with Crippen LogP contribution in [0.4, 0.5) is 5.69 Å². The summed E-state index contributed by atoms with van der Waals surface area (Å²) in [5.74, 6) is 0. The summed E-state index contributed by atoms with van der Waals surface area (Å²) in [6.45, 7) is 0. The van der Waals surface area contributed by atoms with E-state index in [4.69, 9.17) is 17.1 Å². The Hall–Kier alpha value is -0.700. The third-order valence-corrected chi connectivity index (χ3v) is 2.46. The van der Waals surface area contributed by atoms with Crippen molar-refractivity contribution < 1.29 is 0 Å². The van der Waals surface area contributed by atoms with E-state index in [1.807, 2.05) is 0 Å². The lowest BCUT2D eigenvalue weighted by atomic mass is 10.3. The van der Waals surface area contributed by atoms with Crippen LogP contribution in [0.2, 0.25) is 5.02 Å². The van der Waals surface area contributed by atoms with Gasteiger partial charge in [-0.2, -0.15) is 0 Å². The lowest BCUT2D eigenvalue weighted by Gasteiger charge is -1.96. The second-order valence-corrected chi connectivity index (χ2v) is 2.96. The van der Waals surface area contributed by atoms with Crippen molar-refractivity contribution in [2.75, 3.05) is 0 Å². The smallest absolute Gasteiger partial charge is 0.0552 e. The zero-order valence-corrected chi connectivity index (χ0v) is 7.67. The molecule has 0 aromatic heterocycles. The lowest BCUT2D eigenvalue weighted by Crippen LogP contribution is -1.68. The molecule has 0 fully saturated rings. The van der Waals surface area contributed by atoms with Gasteiger partial charge < -0.3 is 0 Å². The first-order valence-corrected chi connectivity index (χ1v) is 3.92. The topological polar surface area (TPSA) is 48.8 Å². The maximum absolute atomic E-state index is 8.13. The number of azide groups is 1. The third kappa shape index (κ3) is 1.87. The molecule has 0 spiro atoms. The van der Waals surface area contributed by atoms with E-state index in [1.165, 1.54) is 0 Å². The number of halogens is 2. The molecule has 0 radical (unpaired) electrons. The van der Waals surface area contributed by atoms with Gasteiger partial charge in [-0.05, 0) is 27.5 Å². The van der Waals surface area contributed by atoms with E-state index in [0.29, 0.717) is 15.2 Å². The van der Waals surface area contributed by atoms with Crippen LogP contribution in [-0.4, -0.2) is 0 Å². The molecule has 0 heterocycles. The molecule has 0 amide bonds. The highest BCUT2D eigenvalue weighted by Gasteiger charge is 1.99. The van der Waals surface area contributed by atoms with Crippen molar-refractivity contribution in [1.29, 1.82) is 0 Å². The van der Waals surface area contributed by atoms with Gasteiger partial charge in [-0.3, -0.25) is 0 Å². The second-order valence-electron chi connectivity index (χ2n) is 1.76. The molecule has 0 N–H and O–H groups in total. The summed E-state index contributed by atoms with van der Waals surface area (Å²) >= 11 is 8.90. The standard InChI is InChI=1S/C6H3BrClN3/c7-6-4(8)2-1-3-5(6)10-11-9/h1-3H. The summed E-state index contributed by atoms with van der Waals surface area (Å²) in [6, 6.07) is 5.11. The summed E-state index contributed by atoms with van der Waals surface area (Å²) in [5.41, 5.74) is 8.63. The maximum atomic E-state index is 8.13. The fraction of sp³-hybridized carbons (Fsp3) is 0. The lowest BCUT2D eigenvalue weighted by molar-refractivity contribution is 1.45. The molecule has 0 aliphatic heterocycles. The van der Waals surface area contributed by atoms with Gasteiger partial charge in [0.1, 0.15) is 0 Å². The largest absolute Gasteiger partial charge is 0.0831 e. The van der Waals surface area contributed by atoms with E-state index >= 15 is 0 Å². The van der Waals surface area contributed by atoms with Gasteiger partial charge in [0.05, 0.1) is 10.7 Å². The molecule has 1 rings (SSSR count). The average molecular weight is 232 g/mol. The van der Waals surface area contributed by atoms with Gasteiger partial charge in [0.15, 0.2) is 0 Å². The molecule has 0 saturated heterocycles. The van der Waals surface area contributed by atoms with Gasteiger partial charge in [0.2, 0.25) is 0 Å². The Morgan fingerprint density at radius 3 is 2.91 bits per heavy atom. The van der Waals surface area contributed by atoms with Crippen LogP contribution in [0.15, 0.2) is 27.8 Å². The van der Waals surface area contributed by atoms with Crippen molar-refractivity contribution in [2.24, 2.45) is 5.11 Å². The van der Waals surface area contributed by atoms with Gasteiger partial charge in [-0.1, -0.05) is 28.8 Å². The predicted molar refractivity (Wildman–Crippen MR) is 48.0 cm³/mol. The number of rotatable bonds is 1. The molecule has 5 heteroatoms. The van der Waals surface area contributed by atoms with E-state index in [-0.39, 0.29) is 0 Å². The van der Waals surface area contributed by atoms with E-state index in [2.05, 4.69) is 26.0 Å². The van der Waals surface area contributed by atoms with Crippen LogP contribution in [0, 0.1) is 0 Å². The van der Waals surface area contributed by atoms with Gasteiger partial charge in [-0.15, -0.1) is 0 Å². The van der Waals surface area contributed by atoms with Crippen molar-refractivity contribution >= 4 is 33.2 Å². The zero-order valence-electron chi connectivity index (χ0n) is 5.33. The Kier molecular flexibility index (Phi) is 2.76. The van der Waals surface area contributed by atoms with Gasteiger partial charge in [-0.25, -0.2) is 0 Å². The van der Waals surface area contributed by atoms with E-state index in [0.717, 1.165) is 0 Å². The van der Waals surface area contributed by atoms with Crippen molar-refractivity contribution in [3.05, 3.63) is 38.1 Å². The van der Waals surface area contributed by atoms with Crippen molar-refractivity contribution in [3.63, 3.8) is 0 Å². The Morgan fingerprint density at radius 1 is 1.55 bits per heavy atom. The molecular formula is C6H3BrClN3. The number of benzene rings is 1. The van der Waals surface area contributed by atoms with Crippen LogP contribution < -0.4 is 0 Å². The highest BCUT2D eigenvalue weighted by Crippen LogP contribution is 2.31. The second kappa shape index (κ2) is 3.62. The molecule has 56 valence electrons. The third-order valence-electron chi connectivity index (χ3n) is 1.08. The predicted octanol–water partition coefficient (Wildman–Crippen LogP) is 4.04. The summed E-state index contributed by atoms with van der Waals surface area (Å²) in [4.78, 5) is 2.64. The highest BCUT2D eigenvalue weighted by atomic mass is 79.9. The van der Waals surface area contributed by atoms with Crippen LogP contribution in [0.5, 0.6) is 0 Å². The van der Waals surface area contributed by atoms with Crippen LogP contribution in [-0.2, 0) is 0 Å². The van der Waals surface area contributed by atoms with Crippen LogP contribution in [0.25, 0.3) is 10.4 Å². The molecule has 0 aliphatic carbocycles. The highest BCUT2D eigenvalue weighted by molar-refractivity contribution is 9.10. The molecule has 1 aromatic rings. The van der Waals surface area contributed by atoms with Crippen molar-refractivity contribution in [3.8, 4) is 0 Å². The molecule has 1 aromatic carbocycles. The molecule has 0 unspecified atom stereocenters. The van der Waals surface area contributed by atoms with Crippen molar-refractivity contribution in [2.45, 2.75) is 0 Å². The van der Waals surface area contributed by atoms with E-state index < -0.39 is 0 Å². The summed E-state index contributed by atoms with van der Waals surface area (Å²) in [5, 5.41) is 3.95. The molecule has 3 nitrogen and oxygen atoms in total. The number of nitrogens with zero attached hydrogens (tertiary/aromatic N) is 3. The maximum Gasteiger partial charge on any atom is 0.0552 e. The molecule has 11 heavy (non-hydrogen) atoms. The van der Waals surface area contributed by atoms with Gasteiger partial charge in [0, 0.05) is 9.38 Å². The minimum absolute atomic E-state index is 0.500. The molecule has 0 bridgehead atoms. The Bertz CT molecular complexity index is 320. The van der Waals surface area contributed by atoms with Crippen LogP contribution in [0.1, 0.15) is 0 Å². The summed E-state index contributed by atoms with van der Waals surface area (Å²) in [7, 11) is 0. The minimum atomic E-state index is 0.500. The first kappa shape index (κ1) is 8.40. The normalized spacial score (nSPS) is 8.91. The first-order valence-electron chi connectivity index (χ1n) is 2.75. The molecule has 0 aliphatic rings. The van der Waals surface area contributed by atoms with Crippen molar-refractivity contribution in [1.82, 2.24) is 0 Å². The minimum Gasteiger partial charge on any atom is -0.0831 e. The Labute approximate surface area is 76.7 Å². The van der Waals surface area contributed by atoms with Crippen LogP contribution in [0.3, 0.4) is 0 Å². The fourth-order valence-electron chi connectivity index (χ4n) is 0.618. The summed E-state index contributed by atoms with van der Waals surface area (Å²) < 4.78 is 0.625. The van der Waals surface area contributed by atoms with Crippen LogP contribution >= 0.6 is 27.5 Å². The first-order chi connectivity index (χ1) is 5.25. The quantitative estimate of drug-likeness (QED) is 0.398. The fourth-order valence-corrected chi connectivity index (χ4v) is 1.13. The molecular weight excluding hydrogens is 229 g/mol. The zero-order chi connectivity index (χ0) is 8.27. The summed E-state index contributed by atoms with van der Waals surface area (Å²) in [6.07, 6.45) is 0. The number of hydrogen-bond donors (Lipinski definition) is 0.